The minimum atomic E-state index is -1.07. The van der Waals surface area contributed by atoms with Crippen LogP contribution in [-0.2, 0) is 9.59 Å². The lowest BCUT2D eigenvalue weighted by atomic mass is 10.1. The number of hydrogen-bond acceptors (Lipinski definition) is 4. The number of benzene rings is 1. The highest BCUT2D eigenvalue weighted by atomic mass is 16.2. The number of nitrogens with two attached hydrogens (primary N) is 1. The van der Waals surface area contributed by atoms with E-state index in [-0.39, 0.29) is 0 Å². The van der Waals surface area contributed by atoms with Gasteiger partial charge < -0.3 is 10.3 Å². The number of carbonyl (C=O) groups excluding carboxylic acids is 2. The summed E-state index contributed by atoms with van der Waals surface area (Å²) in [5, 5.41) is 3.81. The van der Waals surface area contributed by atoms with Gasteiger partial charge in [-0.25, -0.2) is 10.4 Å². The van der Waals surface area contributed by atoms with Gasteiger partial charge in [-0.05, 0) is 24.6 Å². The number of aromatic nitrogens is 2. The molecule has 0 saturated carbocycles. The number of amides is 2. The Labute approximate surface area is 115 Å². The minimum absolute atomic E-state index is 0.566. The Hall–Kier alpha value is -2.96. The van der Waals surface area contributed by atoms with Gasteiger partial charge in [-0.3, -0.25) is 9.59 Å². The monoisotopic (exact) mass is 271 g/mol. The zero-order valence-electron chi connectivity index (χ0n) is 10.8. The zero-order valence-corrected chi connectivity index (χ0v) is 10.8. The van der Waals surface area contributed by atoms with Crippen LogP contribution in [-0.4, -0.2) is 27.1 Å². The molecule has 7 heteroatoms. The van der Waals surface area contributed by atoms with Gasteiger partial charge in [0.1, 0.15) is 0 Å². The summed E-state index contributed by atoms with van der Waals surface area (Å²) >= 11 is 0. The van der Waals surface area contributed by atoms with Crippen molar-refractivity contribution in [2.24, 2.45) is 10.8 Å². The molecular formula is C13H13N5O2. The second kappa shape index (κ2) is 5.79. The topological polar surface area (TPSA) is 102 Å². The molecule has 0 bridgehead atoms. The quantitative estimate of drug-likeness (QED) is 0.473. The molecule has 0 unspecified atom stereocenters. The van der Waals surface area contributed by atoms with Crippen molar-refractivity contribution in [2.45, 2.75) is 6.92 Å². The van der Waals surface area contributed by atoms with Crippen LogP contribution in [0.25, 0.3) is 5.69 Å². The first-order valence-corrected chi connectivity index (χ1v) is 5.81. The Morgan fingerprint density at radius 1 is 1.30 bits per heavy atom. The second-order valence-corrected chi connectivity index (χ2v) is 4.02. The Balaban J connectivity index is 2.11. The summed E-state index contributed by atoms with van der Waals surface area (Å²) < 4.78 is 1.87. The summed E-state index contributed by atoms with van der Waals surface area (Å²) in [6, 6.07) is 7.49. The molecule has 0 aliphatic carbocycles. The van der Waals surface area contributed by atoms with Crippen LogP contribution in [0.5, 0.6) is 0 Å². The average molecular weight is 271 g/mol. The molecule has 2 amide bonds. The largest absolute Gasteiger partial charge is 0.361 e. The maximum absolute atomic E-state index is 11.0. The van der Waals surface area contributed by atoms with Crippen molar-refractivity contribution in [3.63, 3.8) is 0 Å². The first kappa shape index (κ1) is 13.5. The summed E-state index contributed by atoms with van der Waals surface area (Å²) in [6.45, 7) is 1.72. The molecule has 2 rings (SSSR count). The maximum atomic E-state index is 11.0. The van der Waals surface area contributed by atoms with Crippen molar-refractivity contribution in [3.05, 3.63) is 48.5 Å². The number of primary amides is 1. The molecule has 0 aliphatic heterocycles. The van der Waals surface area contributed by atoms with Crippen LogP contribution in [0, 0.1) is 0 Å². The summed E-state index contributed by atoms with van der Waals surface area (Å²) in [5.41, 5.74) is 9.23. The normalized spacial score (nSPS) is 11.2. The molecule has 0 radical (unpaired) electrons. The van der Waals surface area contributed by atoms with Crippen LogP contribution in [0.1, 0.15) is 12.5 Å². The third-order valence-corrected chi connectivity index (χ3v) is 2.64. The third kappa shape index (κ3) is 3.08. The van der Waals surface area contributed by atoms with E-state index in [0.717, 1.165) is 11.3 Å². The van der Waals surface area contributed by atoms with Crippen LogP contribution >= 0.6 is 0 Å². The fourth-order valence-corrected chi connectivity index (χ4v) is 1.54. The van der Waals surface area contributed by atoms with Gasteiger partial charge in [0, 0.05) is 18.1 Å². The van der Waals surface area contributed by atoms with Crippen molar-refractivity contribution < 1.29 is 9.59 Å². The van der Waals surface area contributed by atoms with Crippen molar-refractivity contribution in [2.75, 3.05) is 0 Å². The third-order valence-electron chi connectivity index (χ3n) is 2.64. The van der Waals surface area contributed by atoms with Gasteiger partial charge >= 0.3 is 11.8 Å². The molecule has 2 aromatic rings. The van der Waals surface area contributed by atoms with E-state index in [0.29, 0.717) is 5.71 Å². The lowest BCUT2D eigenvalue weighted by Gasteiger charge is -2.04. The highest BCUT2D eigenvalue weighted by Gasteiger charge is 2.07. The fraction of sp³-hybridized carbons (Fsp3) is 0.0769. The predicted octanol–water partition coefficient (Wildman–Crippen LogP) is 0.198. The Morgan fingerprint density at radius 2 is 2.00 bits per heavy atom. The number of carbonyl (C=O) groups is 2. The Kier molecular flexibility index (Phi) is 3.90. The molecule has 20 heavy (non-hydrogen) atoms. The van der Waals surface area contributed by atoms with Gasteiger partial charge in [0.25, 0.3) is 0 Å². The zero-order chi connectivity index (χ0) is 14.5. The van der Waals surface area contributed by atoms with E-state index in [1.165, 1.54) is 0 Å². The first-order chi connectivity index (χ1) is 9.58. The number of imidazole rings is 1. The summed E-state index contributed by atoms with van der Waals surface area (Å²) in [4.78, 5) is 25.5. The van der Waals surface area contributed by atoms with Gasteiger partial charge in [-0.2, -0.15) is 5.10 Å². The van der Waals surface area contributed by atoms with Crippen molar-refractivity contribution in [1.82, 2.24) is 15.0 Å². The van der Waals surface area contributed by atoms with Crippen molar-refractivity contribution in [3.8, 4) is 5.69 Å². The molecule has 1 aromatic carbocycles. The van der Waals surface area contributed by atoms with E-state index < -0.39 is 11.8 Å². The van der Waals surface area contributed by atoms with E-state index in [1.807, 2.05) is 35.0 Å². The van der Waals surface area contributed by atoms with Gasteiger partial charge in [-0.15, -0.1) is 0 Å². The van der Waals surface area contributed by atoms with Crippen molar-refractivity contribution in [1.29, 1.82) is 0 Å². The smallest absolute Gasteiger partial charge is 0.329 e. The molecule has 3 N–H and O–H groups in total. The molecule has 0 atom stereocenters. The minimum Gasteiger partial charge on any atom is -0.361 e. The van der Waals surface area contributed by atoms with E-state index in [9.17, 15) is 9.59 Å². The van der Waals surface area contributed by atoms with Crippen LogP contribution in [0.15, 0.2) is 48.1 Å². The van der Waals surface area contributed by atoms with Crippen molar-refractivity contribution >= 4 is 17.5 Å². The molecule has 7 nitrogen and oxygen atoms in total. The molecular weight excluding hydrogens is 258 g/mol. The van der Waals surface area contributed by atoms with E-state index in [1.54, 1.807) is 19.4 Å². The highest BCUT2D eigenvalue weighted by molar-refractivity contribution is 6.34. The lowest BCUT2D eigenvalue weighted by Crippen LogP contribution is -2.33. The molecule has 1 heterocycles. The Bertz CT molecular complexity index is 644. The summed E-state index contributed by atoms with van der Waals surface area (Å²) in [5.74, 6) is -2.02. The Morgan fingerprint density at radius 3 is 2.55 bits per heavy atom. The molecule has 1 aromatic heterocycles. The van der Waals surface area contributed by atoms with E-state index in [2.05, 4.69) is 15.5 Å². The lowest BCUT2D eigenvalue weighted by molar-refractivity contribution is -0.137. The van der Waals surface area contributed by atoms with Gasteiger partial charge in [0.2, 0.25) is 0 Å². The van der Waals surface area contributed by atoms with Crippen LogP contribution < -0.4 is 11.2 Å². The predicted molar refractivity (Wildman–Crippen MR) is 73.1 cm³/mol. The van der Waals surface area contributed by atoms with Crippen LogP contribution in [0.4, 0.5) is 0 Å². The van der Waals surface area contributed by atoms with Gasteiger partial charge in [0.05, 0.1) is 12.0 Å². The number of nitrogens with one attached hydrogen (secondary N) is 1. The maximum Gasteiger partial charge on any atom is 0.329 e. The van der Waals surface area contributed by atoms with Gasteiger partial charge in [-0.1, -0.05) is 12.1 Å². The number of hydrazone groups is 1. The SMILES string of the molecule is CC(=NNC(=O)C(N)=O)c1ccc(-n2ccnc2)cc1. The van der Waals surface area contributed by atoms with Crippen LogP contribution in [0.3, 0.4) is 0 Å². The first-order valence-electron chi connectivity index (χ1n) is 5.81. The van der Waals surface area contributed by atoms with E-state index >= 15 is 0 Å². The van der Waals surface area contributed by atoms with Crippen LogP contribution in [0.2, 0.25) is 0 Å². The molecule has 0 aliphatic rings. The molecule has 0 saturated heterocycles. The standard InChI is InChI=1S/C13H13N5O2/c1-9(16-17-13(20)12(14)19)10-2-4-11(5-3-10)18-7-6-15-8-18/h2-8H,1H3,(H2,14,19)(H,17,20). The molecule has 102 valence electrons. The fourth-order valence-electron chi connectivity index (χ4n) is 1.54. The second-order valence-electron chi connectivity index (χ2n) is 4.02. The number of nitrogens with zero attached hydrogens (tertiary/aromatic N) is 3. The van der Waals surface area contributed by atoms with E-state index in [4.69, 9.17) is 5.73 Å². The number of rotatable bonds is 3. The van der Waals surface area contributed by atoms with Gasteiger partial charge in [0.15, 0.2) is 0 Å². The summed E-state index contributed by atoms with van der Waals surface area (Å²) in [6.07, 6.45) is 5.23. The average Bonchev–Trinajstić information content (AvgIpc) is 2.98. The highest BCUT2D eigenvalue weighted by Crippen LogP contribution is 2.09. The molecule has 0 spiro atoms. The summed E-state index contributed by atoms with van der Waals surface area (Å²) in [7, 11) is 0. The molecule has 0 fully saturated rings. The number of hydrogen-bond donors (Lipinski definition) is 2.